The van der Waals surface area contributed by atoms with Gasteiger partial charge in [0.2, 0.25) is 0 Å². The van der Waals surface area contributed by atoms with E-state index in [1.54, 1.807) is 0 Å². The zero-order valence-corrected chi connectivity index (χ0v) is 7.09. The minimum absolute atomic E-state index is 0. The highest BCUT2D eigenvalue weighted by molar-refractivity contribution is 4.60. The van der Waals surface area contributed by atoms with Crippen LogP contribution in [0.3, 0.4) is 0 Å². The number of hydrogen-bond donors (Lipinski definition) is 1. The largest absolute Gasteiger partial charge is 1.00 e. The highest BCUT2D eigenvalue weighted by Crippen LogP contribution is 2.13. The molecule has 0 radical (unpaired) electrons. The summed E-state index contributed by atoms with van der Waals surface area (Å²) in [5.41, 5.74) is 4.00. The lowest BCUT2D eigenvalue weighted by Gasteiger charge is -2.12. The zero-order valence-electron chi connectivity index (χ0n) is 5.58. The Kier molecular flexibility index (Phi) is 9.05. The predicted octanol–water partition coefficient (Wildman–Crippen LogP) is -5.43. The first kappa shape index (κ1) is 12.2. The van der Waals surface area contributed by atoms with Gasteiger partial charge in [-0.1, -0.05) is 6.42 Å². The number of hydrogen-bond acceptors (Lipinski definition) is 0. The molecule has 3 heteroatoms. The van der Waals surface area contributed by atoms with E-state index in [9.17, 15) is 0 Å². The molecule has 0 aliphatic heterocycles. The molecule has 3 N–H and O–H groups in total. The fourth-order valence-corrected chi connectivity index (χ4v) is 1.19. The Morgan fingerprint density at radius 2 is 1.33 bits per heavy atom. The van der Waals surface area contributed by atoms with E-state index in [1.807, 2.05) is 0 Å². The molecule has 0 unspecified atom stereocenters. The Morgan fingerprint density at radius 3 is 1.56 bits per heavy atom. The van der Waals surface area contributed by atoms with Crippen molar-refractivity contribution in [2.45, 2.75) is 38.1 Å². The van der Waals surface area contributed by atoms with E-state index in [4.69, 9.17) is 0 Å². The van der Waals surface area contributed by atoms with Crippen LogP contribution in [-0.4, -0.2) is 6.04 Å². The van der Waals surface area contributed by atoms with E-state index in [0.29, 0.717) is 0 Å². The molecule has 1 fully saturated rings. The molecular formula is C6H14Cl2N-. The lowest BCUT2D eigenvalue weighted by molar-refractivity contribution is -0.425. The van der Waals surface area contributed by atoms with Crippen LogP contribution in [0.25, 0.3) is 0 Å². The predicted molar refractivity (Wildman–Crippen MR) is 29.8 cm³/mol. The van der Waals surface area contributed by atoms with Crippen LogP contribution in [0.1, 0.15) is 32.1 Å². The van der Waals surface area contributed by atoms with Gasteiger partial charge >= 0.3 is 0 Å². The van der Waals surface area contributed by atoms with Gasteiger partial charge in [0.15, 0.2) is 0 Å². The quantitative estimate of drug-likeness (QED) is 0.377. The molecule has 1 rings (SSSR count). The second kappa shape index (κ2) is 6.66. The average Bonchev–Trinajstić information content (AvgIpc) is 1.69. The minimum atomic E-state index is 0. The fourth-order valence-electron chi connectivity index (χ4n) is 1.19. The topological polar surface area (TPSA) is 27.6 Å². The van der Waals surface area contributed by atoms with Gasteiger partial charge in [0.25, 0.3) is 0 Å². The van der Waals surface area contributed by atoms with Gasteiger partial charge in [-0.05, 0) is 25.7 Å². The van der Waals surface area contributed by atoms with Gasteiger partial charge in [0.05, 0.1) is 6.04 Å². The number of halogens is 2. The third-order valence-electron chi connectivity index (χ3n) is 1.72. The summed E-state index contributed by atoms with van der Waals surface area (Å²) in [6.45, 7) is 0. The van der Waals surface area contributed by atoms with Gasteiger partial charge in [-0.3, -0.25) is 0 Å². The highest BCUT2D eigenvalue weighted by Gasteiger charge is 2.09. The van der Waals surface area contributed by atoms with Crippen molar-refractivity contribution in [3.05, 3.63) is 0 Å². The van der Waals surface area contributed by atoms with Crippen molar-refractivity contribution in [3.63, 3.8) is 0 Å². The molecule has 0 saturated heterocycles. The summed E-state index contributed by atoms with van der Waals surface area (Å²) in [5.74, 6) is 0. The van der Waals surface area contributed by atoms with Crippen molar-refractivity contribution in [2.24, 2.45) is 0 Å². The van der Waals surface area contributed by atoms with Crippen LogP contribution in [0.2, 0.25) is 0 Å². The van der Waals surface area contributed by atoms with Gasteiger partial charge in [-0.25, -0.2) is 0 Å². The van der Waals surface area contributed by atoms with Gasteiger partial charge in [0.1, 0.15) is 0 Å². The van der Waals surface area contributed by atoms with Gasteiger partial charge < -0.3 is 30.5 Å². The number of quaternary nitrogens is 1. The van der Waals surface area contributed by atoms with E-state index < -0.39 is 0 Å². The first-order valence-electron chi connectivity index (χ1n) is 3.22. The first-order chi connectivity index (χ1) is 3.39. The molecule has 0 aromatic rings. The molecule has 1 saturated carbocycles. The van der Waals surface area contributed by atoms with Crippen molar-refractivity contribution in [1.82, 2.24) is 0 Å². The van der Waals surface area contributed by atoms with Crippen LogP contribution >= 0.6 is 0 Å². The first-order valence-corrected chi connectivity index (χ1v) is 3.22. The third-order valence-corrected chi connectivity index (χ3v) is 1.72. The van der Waals surface area contributed by atoms with Crippen LogP contribution in [-0.2, 0) is 0 Å². The van der Waals surface area contributed by atoms with E-state index in [2.05, 4.69) is 5.73 Å². The summed E-state index contributed by atoms with van der Waals surface area (Å²) in [6, 6.07) is 0.786. The van der Waals surface area contributed by atoms with Crippen LogP contribution in [0.5, 0.6) is 0 Å². The van der Waals surface area contributed by atoms with Crippen LogP contribution < -0.4 is 30.5 Å². The normalized spacial score (nSPS) is 19.7. The molecule has 0 atom stereocenters. The summed E-state index contributed by atoms with van der Waals surface area (Å²) < 4.78 is 0. The molecule has 0 amide bonds. The average molecular weight is 171 g/mol. The van der Waals surface area contributed by atoms with Crippen LogP contribution in [0.15, 0.2) is 0 Å². The second-order valence-corrected chi connectivity index (χ2v) is 2.50. The van der Waals surface area contributed by atoms with E-state index >= 15 is 0 Å². The molecule has 0 bridgehead atoms. The smallest absolute Gasteiger partial charge is 0.0843 e. The maximum atomic E-state index is 4.00. The van der Waals surface area contributed by atoms with Gasteiger partial charge in [-0.15, -0.1) is 0 Å². The zero-order chi connectivity index (χ0) is 5.11. The molecule has 0 spiro atoms. The lowest BCUT2D eigenvalue weighted by Crippen LogP contribution is -3.00. The molecule has 1 aliphatic rings. The van der Waals surface area contributed by atoms with Crippen molar-refractivity contribution in [2.75, 3.05) is 0 Å². The van der Waals surface area contributed by atoms with E-state index in [1.165, 1.54) is 32.1 Å². The molecule has 1 nitrogen and oxygen atoms in total. The summed E-state index contributed by atoms with van der Waals surface area (Å²) in [5, 5.41) is 0. The van der Waals surface area contributed by atoms with Crippen LogP contribution in [0, 0.1) is 0 Å². The van der Waals surface area contributed by atoms with Gasteiger partial charge in [-0.2, -0.15) is 0 Å². The molecule has 0 aromatic carbocycles. The SMILES string of the molecule is [Cl-].[Cl-].[NH3+]C1CCCCC1. The Bertz CT molecular complexity index is 53.0. The summed E-state index contributed by atoms with van der Waals surface area (Å²) >= 11 is 0. The van der Waals surface area contributed by atoms with Crippen molar-refractivity contribution >= 4 is 0 Å². The Hall–Kier alpha value is 0.540. The Labute approximate surface area is 69.2 Å². The summed E-state index contributed by atoms with van der Waals surface area (Å²) in [6.07, 6.45) is 7.05. The molecular weight excluding hydrogens is 157 g/mol. The molecule has 58 valence electrons. The third kappa shape index (κ3) is 5.01. The monoisotopic (exact) mass is 170 g/mol. The van der Waals surface area contributed by atoms with Crippen molar-refractivity contribution in [1.29, 1.82) is 0 Å². The van der Waals surface area contributed by atoms with Gasteiger partial charge in [0, 0.05) is 0 Å². The maximum absolute atomic E-state index is 4.00. The molecule has 0 aromatic heterocycles. The van der Waals surface area contributed by atoms with Crippen molar-refractivity contribution in [3.8, 4) is 0 Å². The standard InChI is InChI=1S/C6H13N.2ClH/c7-6-4-2-1-3-5-6;;/h6H,1-5,7H2;2*1H/p-1. The Morgan fingerprint density at radius 1 is 0.889 bits per heavy atom. The van der Waals surface area contributed by atoms with Crippen LogP contribution in [0.4, 0.5) is 0 Å². The minimum Gasteiger partial charge on any atom is -1.00 e. The number of rotatable bonds is 0. The summed E-state index contributed by atoms with van der Waals surface area (Å²) in [7, 11) is 0. The van der Waals surface area contributed by atoms with Crippen molar-refractivity contribution < 1.29 is 30.5 Å². The van der Waals surface area contributed by atoms with E-state index in [-0.39, 0.29) is 24.8 Å². The van der Waals surface area contributed by atoms with E-state index in [0.717, 1.165) is 6.04 Å². The molecule has 1 aliphatic carbocycles. The molecule has 0 heterocycles. The summed E-state index contributed by atoms with van der Waals surface area (Å²) in [4.78, 5) is 0. The Balaban J connectivity index is 0. The fraction of sp³-hybridized carbons (Fsp3) is 1.00. The lowest BCUT2D eigenvalue weighted by atomic mass is 9.97. The molecule has 9 heavy (non-hydrogen) atoms. The highest BCUT2D eigenvalue weighted by atomic mass is 35.5. The second-order valence-electron chi connectivity index (χ2n) is 2.50. The maximum Gasteiger partial charge on any atom is 0.0843 e.